The lowest BCUT2D eigenvalue weighted by Gasteiger charge is -2.30. The molecule has 0 aromatic rings. The Balaban J connectivity index is 3.18. The molecule has 1 aliphatic carbocycles. The lowest BCUT2D eigenvalue weighted by molar-refractivity contribution is -0.117. The number of hydrogen-bond acceptors (Lipinski definition) is 2. The van der Waals surface area contributed by atoms with Gasteiger partial charge in [0.2, 0.25) is 0 Å². The summed E-state index contributed by atoms with van der Waals surface area (Å²) in [6, 6.07) is 0. The Morgan fingerprint density at radius 2 is 2.00 bits per heavy atom. The van der Waals surface area contributed by atoms with Gasteiger partial charge in [0.15, 0.2) is 5.78 Å². The summed E-state index contributed by atoms with van der Waals surface area (Å²) in [6.07, 6.45) is 2.19. The van der Waals surface area contributed by atoms with Crippen LogP contribution in [0.3, 0.4) is 0 Å². The van der Waals surface area contributed by atoms with E-state index in [2.05, 4.69) is 0 Å². The van der Waals surface area contributed by atoms with E-state index in [0.717, 1.165) is 12.7 Å². The predicted molar refractivity (Wildman–Crippen MR) is 46.8 cm³/mol. The van der Waals surface area contributed by atoms with Crippen LogP contribution in [0.5, 0.6) is 0 Å². The molecule has 0 aliphatic heterocycles. The van der Waals surface area contributed by atoms with E-state index in [0.29, 0.717) is 17.6 Å². The summed E-state index contributed by atoms with van der Waals surface area (Å²) < 4.78 is 0. The highest BCUT2D eigenvalue weighted by Gasteiger charge is 2.31. The van der Waals surface area contributed by atoms with Gasteiger partial charge in [0, 0.05) is 12.0 Å². The number of rotatable bonds is 1. The summed E-state index contributed by atoms with van der Waals surface area (Å²) >= 11 is 0. The second-order valence-electron chi connectivity index (χ2n) is 3.96. The Bertz CT molecular complexity index is 259. The van der Waals surface area contributed by atoms with Crippen LogP contribution in [0.25, 0.3) is 0 Å². The molecule has 1 aliphatic rings. The van der Waals surface area contributed by atoms with E-state index in [1.54, 1.807) is 6.92 Å². The molecule has 2 nitrogen and oxygen atoms in total. The zero-order valence-electron chi connectivity index (χ0n) is 7.81. The molecule has 0 unspecified atom stereocenters. The first-order chi connectivity index (χ1) is 5.49. The van der Waals surface area contributed by atoms with Gasteiger partial charge in [-0.25, -0.2) is 0 Å². The SMILES string of the molecule is CC1=C(C=O)C(C)(C)CCC1=O. The molecule has 0 N–H and O–H groups in total. The number of hydrogen-bond donors (Lipinski definition) is 0. The van der Waals surface area contributed by atoms with Crippen LogP contribution in [-0.2, 0) is 9.59 Å². The van der Waals surface area contributed by atoms with E-state index in [4.69, 9.17) is 0 Å². The van der Waals surface area contributed by atoms with E-state index in [-0.39, 0.29) is 11.2 Å². The van der Waals surface area contributed by atoms with Gasteiger partial charge in [-0.05, 0) is 24.3 Å². The van der Waals surface area contributed by atoms with Crippen LogP contribution in [0.1, 0.15) is 33.6 Å². The molecular weight excluding hydrogens is 152 g/mol. The molecule has 66 valence electrons. The zero-order chi connectivity index (χ0) is 9.35. The first-order valence-corrected chi connectivity index (χ1v) is 4.19. The molecule has 2 heteroatoms. The molecule has 12 heavy (non-hydrogen) atoms. The highest BCUT2D eigenvalue weighted by atomic mass is 16.1. The van der Waals surface area contributed by atoms with Crippen molar-refractivity contribution in [1.82, 2.24) is 0 Å². The maximum Gasteiger partial charge on any atom is 0.159 e. The fourth-order valence-corrected chi connectivity index (χ4v) is 1.65. The summed E-state index contributed by atoms with van der Waals surface area (Å²) in [5, 5.41) is 0. The second kappa shape index (κ2) is 2.85. The number of carbonyl (C=O) groups is 2. The van der Waals surface area contributed by atoms with Crippen LogP contribution >= 0.6 is 0 Å². The molecule has 0 bridgehead atoms. The van der Waals surface area contributed by atoms with Gasteiger partial charge in [-0.1, -0.05) is 13.8 Å². The monoisotopic (exact) mass is 166 g/mol. The average molecular weight is 166 g/mol. The maximum absolute atomic E-state index is 11.2. The smallest absolute Gasteiger partial charge is 0.159 e. The van der Waals surface area contributed by atoms with Crippen LogP contribution in [0.2, 0.25) is 0 Å². The summed E-state index contributed by atoms with van der Waals surface area (Å²) in [7, 11) is 0. The molecule has 0 spiro atoms. The molecule has 0 fully saturated rings. The van der Waals surface area contributed by atoms with E-state index < -0.39 is 0 Å². The lowest BCUT2D eigenvalue weighted by Crippen LogP contribution is -2.25. The standard InChI is InChI=1S/C10H14O2/c1-7-8(6-11)10(2,3)5-4-9(7)12/h6H,4-5H2,1-3H3. The number of Topliss-reactive ketones (excluding diaryl/α,β-unsaturated/α-hetero) is 1. The Labute approximate surface area is 72.7 Å². The van der Waals surface area contributed by atoms with Gasteiger partial charge in [-0.2, -0.15) is 0 Å². The number of ketones is 1. The van der Waals surface area contributed by atoms with Crippen molar-refractivity contribution in [1.29, 1.82) is 0 Å². The van der Waals surface area contributed by atoms with Gasteiger partial charge in [0.05, 0.1) is 0 Å². The molecule has 0 aromatic heterocycles. The average Bonchev–Trinajstić information content (AvgIpc) is 1.99. The summed E-state index contributed by atoms with van der Waals surface area (Å²) in [6.45, 7) is 5.76. The first-order valence-electron chi connectivity index (χ1n) is 4.19. The van der Waals surface area contributed by atoms with Crippen molar-refractivity contribution in [2.45, 2.75) is 33.6 Å². The maximum atomic E-state index is 11.2. The molecule has 1 rings (SSSR count). The zero-order valence-corrected chi connectivity index (χ0v) is 7.81. The normalized spacial score (nSPS) is 22.8. The third-order valence-electron chi connectivity index (χ3n) is 2.65. The van der Waals surface area contributed by atoms with Crippen molar-refractivity contribution in [3.05, 3.63) is 11.1 Å². The van der Waals surface area contributed by atoms with Gasteiger partial charge in [0.1, 0.15) is 6.29 Å². The predicted octanol–water partition coefficient (Wildman–Crippen LogP) is 1.89. The lowest BCUT2D eigenvalue weighted by atomic mass is 9.73. The van der Waals surface area contributed by atoms with Crippen LogP contribution in [0.15, 0.2) is 11.1 Å². The summed E-state index contributed by atoms with van der Waals surface area (Å²) in [4.78, 5) is 22.0. The molecule has 0 saturated carbocycles. The van der Waals surface area contributed by atoms with Gasteiger partial charge >= 0.3 is 0 Å². The molecule has 0 saturated heterocycles. The number of aldehydes is 1. The van der Waals surface area contributed by atoms with Crippen molar-refractivity contribution in [3.63, 3.8) is 0 Å². The third kappa shape index (κ3) is 1.33. The molecule has 0 atom stereocenters. The highest BCUT2D eigenvalue weighted by molar-refractivity contribution is 6.01. The molecule has 0 aromatic carbocycles. The van der Waals surface area contributed by atoms with Gasteiger partial charge < -0.3 is 0 Å². The minimum Gasteiger partial charge on any atom is -0.298 e. The van der Waals surface area contributed by atoms with E-state index in [1.165, 1.54) is 0 Å². The second-order valence-corrected chi connectivity index (χ2v) is 3.96. The van der Waals surface area contributed by atoms with E-state index in [1.807, 2.05) is 13.8 Å². The minimum absolute atomic E-state index is 0.111. The van der Waals surface area contributed by atoms with E-state index in [9.17, 15) is 9.59 Å². The molecule has 0 radical (unpaired) electrons. The van der Waals surface area contributed by atoms with Gasteiger partial charge in [0.25, 0.3) is 0 Å². The van der Waals surface area contributed by atoms with Crippen LogP contribution in [0, 0.1) is 5.41 Å². The Kier molecular flexibility index (Phi) is 2.18. The van der Waals surface area contributed by atoms with Crippen molar-refractivity contribution >= 4 is 12.1 Å². The van der Waals surface area contributed by atoms with Crippen molar-refractivity contribution in [3.8, 4) is 0 Å². The van der Waals surface area contributed by atoms with Crippen LogP contribution in [0.4, 0.5) is 0 Å². The van der Waals surface area contributed by atoms with Crippen LogP contribution < -0.4 is 0 Å². The van der Waals surface area contributed by atoms with Gasteiger partial charge in [-0.3, -0.25) is 9.59 Å². The molecule has 0 amide bonds. The Morgan fingerprint density at radius 3 is 2.42 bits per heavy atom. The van der Waals surface area contributed by atoms with Gasteiger partial charge in [-0.15, -0.1) is 0 Å². The third-order valence-corrected chi connectivity index (χ3v) is 2.65. The van der Waals surface area contributed by atoms with Crippen LogP contribution in [-0.4, -0.2) is 12.1 Å². The molecular formula is C10H14O2. The molecule has 0 heterocycles. The highest BCUT2D eigenvalue weighted by Crippen LogP contribution is 2.37. The largest absolute Gasteiger partial charge is 0.298 e. The summed E-state index contributed by atoms with van der Waals surface area (Å²) in [5.41, 5.74) is 1.22. The fourth-order valence-electron chi connectivity index (χ4n) is 1.65. The van der Waals surface area contributed by atoms with Crippen molar-refractivity contribution in [2.24, 2.45) is 5.41 Å². The Hall–Kier alpha value is -0.920. The first kappa shape index (κ1) is 9.17. The fraction of sp³-hybridized carbons (Fsp3) is 0.600. The quantitative estimate of drug-likeness (QED) is 0.557. The Morgan fingerprint density at radius 1 is 1.42 bits per heavy atom. The van der Waals surface area contributed by atoms with Crippen molar-refractivity contribution < 1.29 is 9.59 Å². The summed E-state index contributed by atoms with van der Waals surface area (Å²) in [5.74, 6) is 0.122. The number of allylic oxidation sites excluding steroid dienone is 2. The number of carbonyl (C=O) groups excluding carboxylic acids is 2. The minimum atomic E-state index is -0.111. The van der Waals surface area contributed by atoms with Crippen molar-refractivity contribution in [2.75, 3.05) is 0 Å². The van der Waals surface area contributed by atoms with E-state index >= 15 is 0 Å². The topological polar surface area (TPSA) is 34.1 Å².